The molecule has 0 amide bonds. The van der Waals surface area contributed by atoms with Crippen LogP contribution in [0, 0.1) is 17.7 Å². The number of halogens is 4. The minimum absolute atomic E-state index is 0.000370. The van der Waals surface area contributed by atoms with Gasteiger partial charge in [0, 0.05) is 6.04 Å². The summed E-state index contributed by atoms with van der Waals surface area (Å²) in [7, 11) is 0. The van der Waals surface area contributed by atoms with Crippen molar-refractivity contribution in [2.75, 3.05) is 0 Å². The summed E-state index contributed by atoms with van der Waals surface area (Å²) < 4.78 is 50.8. The second-order valence-corrected chi connectivity index (χ2v) is 5.23. The van der Waals surface area contributed by atoms with E-state index < -0.39 is 12.1 Å². The molecule has 19 heavy (non-hydrogen) atoms. The second-order valence-electron chi connectivity index (χ2n) is 5.23. The monoisotopic (exact) mass is 275 g/mol. The van der Waals surface area contributed by atoms with E-state index in [-0.39, 0.29) is 30.6 Å². The zero-order valence-electron chi connectivity index (χ0n) is 10.5. The van der Waals surface area contributed by atoms with Crippen LogP contribution in [-0.4, -0.2) is 6.18 Å². The number of alkyl halides is 3. The fourth-order valence-corrected chi connectivity index (χ4v) is 2.79. The molecule has 1 saturated carbocycles. The van der Waals surface area contributed by atoms with Gasteiger partial charge < -0.3 is 5.73 Å². The van der Waals surface area contributed by atoms with E-state index in [9.17, 15) is 17.6 Å². The molecule has 0 aromatic heterocycles. The van der Waals surface area contributed by atoms with E-state index in [1.165, 1.54) is 12.1 Å². The highest BCUT2D eigenvalue weighted by molar-refractivity contribution is 5.20. The Hall–Kier alpha value is -1.10. The molecule has 106 valence electrons. The van der Waals surface area contributed by atoms with E-state index in [0.29, 0.717) is 18.4 Å². The molecule has 0 spiro atoms. The largest absolute Gasteiger partial charge is 0.391 e. The van der Waals surface area contributed by atoms with Gasteiger partial charge in [-0.1, -0.05) is 12.1 Å². The molecule has 1 nitrogen and oxygen atoms in total. The van der Waals surface area contributed by atoms with Crippen molar-refractivity contribution in [3.05, 3.63) is 35.6 Å². The average Bonchev–Trinajstić information content (AvgIpc) is 2.37. The lowest BCUT2D eigenvalue weighted by Crippen LogP contribution is -2.31. The molecule has 1 aliphatic carbocycles. The molecule has 0 aliphatic heterocycles. The molecule has 1 fully saturated rings. The van der Waals surface area contributed by atoms with Crippen molar-refractivity contribution in [3.8, 4) is 0 Å². The quantitative estimate of drug-likeness (QED) is 0.804. The van der Waals surface area contributed by atoms with Gasteiger partial charge in [0.15, 0.2) is 0 Å². The number of nitrogens with two attached hydrogens (primary N) is 1. The van der Waals surface area contributed by atoms with Crippen LogP contribution in [0.25, 0.3) is 0 Å². The lowest BCUT2D eigenvalue weighted by atomic mass is 9.77. The summed E-state index contributed by atoms with van der Waals surface area (Å²) in [5.74, 6) is -1.57. The molecule has 1 aromatic rings. The number of hydrogen-bond acceptors (Lipinski definition) is 1. The first-order valence-corrected chi connectivity index (χ1v) is 6.45. The molecule has 1 atom stereocenters. The molecule has 5 heteroatoms. The van der Waals surface area contributed by atoms with Gasteiger partial charge in [0.2, 0.25) is 0 Å². The molecule has 0 heterocycles. The van der Waals surface area contributed by atoms with E-state index in [4.69, 9.17) is 5.73 Å². The highest BCUT2D eigenvalue weighted by atomic mass is 19.4. The van der Waals surface area contributed by atoms with E-state index in [1.54, 1.807) is 12.1 Å². The Kier molecular flexibility index (Phi) is 4.13. The summed E-state index contributed by atoms with van der Waals surface area (Å²) in [5, 5.41) is 0. The summed E-state index contributed by atoms with van der Waals surface area (Å²) in [6, 6.07) is 5.61. The standard InChI is InChI=1S/C14H17F4N/c15-12-3-1-2-10(8-12)13(19)9-4-6-11(7-5-9)14(16,17)18/h1-3,8-9,11,13H,4-7,19H2. The third-order valence-corrected chi connectivity index (χ3v) is 3.98. The van der Waals surface area contributed by atoms with E-state index >= 15 is 0 Å². The van der Waals surface area contributed by atoms with Gasteiger partial charge in [-0.15, -0.1) is 0 Å². The first kappa shape index (κ1) is 14.3. The Morgan fingerprint density at radius 1 is 1.11 bits per heavy atom. The van der Waals surface area contributed by atoms with Crippen LogP contribution in [0.5, 0.6) is 0 Å². The van der Waals surface area contributed by atoms with Gasteiger partial charge in [-0.05, 0) is 49.3 Å². The van der Waals surface area contributed by atoms with Crippen LogP contribution in [0.4, 0.5) is 17.6 Å². The molecular formula is C14H17F4N. The Balaban J connectivity index is 1.98. The molecular weight excluding hydrogens is 258 g/mol. The minimum Gasteiger partial charge on any atom is -0.324 e. The van der Waals surface area contributed by atoms with Crippen LogP contribution in [0.3, 0.4) is 0 Å². The van der Waals surface area contributed by atoms with Gasteiger partial charge in [0.25, 0.3) is 0 Å². The summed E-state index contributed by atoms with van der Waals surface area (Å²) in [6.07, 6.45) is -2.97. The SMILES string of the molecule is NC(c1cccc(F)c1)C1CCC(C(F)(F)F)CC1. The zero-order chi connectivity index (χ0) is 14.0. The maximum Gasteiger partial charge on any atom is 0.391 e. The number of rotatable bonds is 2. The number of benzene rings is 1. The molecule has 1 aromatic carbocycles. The van der Waals surface area contributed by atoms with Crippen molar-refractivity contribution in [1.29, 1.82) is 0 Å². The molecule has 0 radical (unpaired) electrons. The van der Waals surface area contributed by atoms with Gasteiger partial charge in [-0.3, -0.25) is 0 Å². The van der Waals surface area contributed by atoms with Crippen LogP contribution >= 0.6 is 0 Å². The summed E-state index contributed by atoms with van der Waals surface area (Å²) in [5.41, 5.74) is 6.71. The minimum atomic E-state index is -4.10. The highest BCUT2D eigenvalue weighted by Crippen LogP contribution is 2.42. The normalized spacial score (nSPS) is 26.2. The third-order valence-electron chi connectivity index (χ3n) is 3.98. The predicted molar refractivity (Wildman–Crippen MR) is 64.8 cm³/mol. The predicted octanol–water partition coefficient (Wildman–Crippen LogP) is 4.19. The van der Waals surface area contributed by atoms with Crippen LogP contribution in [-0.2, 0) is 0 Å². The number of hydrogen-bond donors (Lipinski definition) is 1. The second kappa shape index (κ2) is 5.49. The maximum atomic E-state index is 13.1. The third kappa shape index (κ3) is 3.47. The van der Waals surface area contributed by atoms with Gasteiger partial charge in [-0.25, -0.2) is 4.39 Å². The Morgan fingerprint density at radius 3 is 2.26 bits per heavy atom. The molecule has 0 bridgehead atoms. The Bertz CT molecular complexity index is 422. The van der Waals surface area contributed by atoms with Crippen molar-refractivity contribution in [1.82, 2.24) is 0 Å². The Labute approximate surface area is 109 Å². The maximum absolute atomic E-state index is 13.1. The summed E-state index contributed by atoms with van der Waals surface area (Å²) >= 11 is 0. The first-order valence-electron chi connectivity index (χ1n) is 6.45. The first-order chi connectivity index (χ1) is 8.88. The van der Waals surface area contributed by atoms with Crippen molar-refractivity contribution in [2.45, 2.75) is 37.9 Å². The van der Waals surface area contributed by atoms with Crippen LogP contribution in [0.2, 0.25) is 0 Å². The van der Waals surface area contributed by atoms with Gasteiger partial charge in [-0.2, -0.15) is 13.2 Å². The summed E-state index contributed by atoms with van der Waals surface area (Å²) in [6.45, 7) is 0. The van der Waals surface area contributed by atoms with Crippen molar-refractivity contribution in [3.63, 3.8) is 0 Å². The van der Waals surface area contributed by atoms with Crippen molar-refractivity contribution in [2.24, 2.45) is 17.6 Å². The van der Waals surface area contributed by atoms with E-state index in [0.717, 1.165) is 0 Å². The molecule has 2 N–H and O–H groups in total. The highest BCUT2D eigenvalue weighted by Gasteiger charge is 2.42. The van der Waals surface area contributed by atoms with Crippen molar-refractivity contribution < 1.29 is 17.6 Å². The summed E-state index contributed by atoms with van der Waals surface area (Å²) in [4.78, 5) is 0. The Morgan fingerprint density at radius 2 is 1.74 bits per heavy atom. The average molecular weight is 275 g/mol. The van der Waals surface area contributed by atoms with Crippen LogP contribution in [0.1, 0.15) is 37.3 Å². The lowest BCUT2D eigenvalue weighted by Gasteiger charge is -2.33. The molecule has 2 rings (SSSR count). The van der Waals surface area contributed by atoms with E-state index in [2.05, 4.69) is 0 Å². The van der Waals surface area contributed by atoms with Gasteiger partial charge >= 0.3 is 6.18 Å². The van der Waals surface area contributed by atoms with Crippen molar-refractivity contribution >= 4 is 0 Å². The smallest absolute Gasteiger partial charge is 0.324 e. The van der Waals surface area contributed by atoms with E-state index in [1.807, 2.05) is 0 Å². The zero-order valence-corrected chi connectivity index (χ0v) is 10.5. The van der Waals surface area contributed by atoms with Gasteiger partial charge in [0.1, 0.15) is 5.82 Å². The molecule has 0 saturated heterocycles. The van der Waals surface area contributed by atoms with Crippen LogP contribution < -0.4 is 5.73 Å². The lowest BCUT2D eigenvalue weighted by molar-refractivity contribution is -0.184. The van der Waals surface area contributed by atoms with Crippen LogP contribution in [0.15, 0.2) is 24.3 Å². The fraction of sp³-hybridized carbons (Fsp3) is 0.571. The topological polar surface area (TPSA) is 26.0 Å². The fourth-order valence-electron chi connectivity index (χ4n) is 2.79. The molecule has 1 aliphatic rings. The molecule has 1 unspecified atom stereocenters. The van der Waals surface area contributed by atoms with Gasteiger partial charge in [0.05, 0.1) is 5.92 Å².